The predicted molar refractivity (Wildman–Crippen MR) is 90.4 cm³/mol. The van der Waals surface area contributed by atoms with Gasteiger partial charge in [-0.2, -0.15) is 0 Å². The highest BCUT2D eigenvalue weighted by atomic mass is 16.5. The molecule has 1 atom stereocenters. The van der Waals surface area contributed by atoms with Crippen molar-refractivity contribution >= 4 is 11.9 Å². The van der Waals surface area contributed by atoms with E-state index in [0.717, 1.165) is 37.0 Å². The van der Waals surface area contributed by atoms with E-state index in [0.29, 0.717) is 5.56 Å². The van der Waals surface area contributed by atoms with Crippen LogP contribution >= 0.6 is 0 Å². The lowest BCUT2D eigenvalue weighted by atomic mass is 9.53. The van der Waals surface area contributed by atoms with Crippen LogP contribution in [0.15, 0.2) is 30.3 Å². The van der Waals surface area contributed by atoms with Gasteiger partial charge in [0.2, 0.25) is 0 Å². The number of carbonyl (C=O) groups is 2. The quantitative estimate of drug-likeness (QED) is 0.863. The Morgan fingerprint density at radius 3 is 2.12 bits per heavy atom. The molecule has 24 heavy (non-hydrogen) atoms. The number of hydrogen-bond donors (Lipinski definition) is 1. The molecule has 0 heterocycles. The molecule has 1 aromatic rings. The number of nitrogens with one attached hydrogen (secondary N) is 1. The van der Waals surface area contributed by atoms with Crippen LogP contribution in [0.5, 0.6) is 0 Å². The summed E-state index contributed by atoms with van der Waals surface area (Å²) in [6, 6.07) is 8.82. The Kier molecular flexibility index (Phi) is 3.86. The van der Waals surface area contributed by atoms with Gasteiger partial charge in [-0.25, -0.2) is 4.79 Å². The van der Waals surface area contributed by atoms with Gasteiger partial charge in [0.15, 0.2) is 6.10 Å². The third kappa shape index (κ3) is 2.94. The van der Waals surface area contributed by atoms with Crippen LogP contribution in [0.1, 0.15) is 55.8 Å². The molecule has 4 heteroatoms. The molecular weight excluding hydrogens is 302 g/mol. The zero-order valence-corrected chi connectivity index (χ0v) is 14.2. The van der Waals surface area contributed by atoms with Crippen molar-refractivity contribution in [3.63, 3.8) is 0 Å². The first-order valence-electron chi connectivity index (χ1n) is 9.11. The maximum absolute atomic E-state index is 12.6. The average Bonchev–Trinajstić information content (AvgIpc) is 2.53. The van der Waals surface area contributed by atoms with Crippen LogP contribution in [-0.4, -0.2) is 23.5 Å². The molecule has 4 bridgehead atoms. The normalized spacial score (nSPS) is 34.6. The van der Waals surface area contributed by atoms with Gasteiger partial charge in [0.1, 0.15) is 0 Å². The van der Waals surface area contributed by atoms with E-state index in [9.17, 15) is 9.59 Å². The van der Waals surface area contributed by atoms with Crippen LogP contribution in [0.25, 0.3) is 0 Å². The molecule has 1 amide bonds. The highest BCUT2D eigenvalue weighted by Crippen LogP contribution is 2.55. The second kappa shape index (κ2) is 5.91. The minimum absolute atomic E-state index is 0.0424. The van der Waals surface area contributed by atoms with E-state index >= 15 is 0 Å². The van der Waals surface area contributed by atoms with Crippen LogP contribution in [0.2, 0.25) is 0 Å². The summed E-state index contributed by atoms with van der Waals surface area (Å²) in [5, 5.41) is 3.26. The Bertz CT molecular complexity index is 604. The van der Waals surface area contributed by atoms with Gasteiger partial charge < -0.3 is 10.1 Å². The number of ether oxygens (including phenoxy) is 1. The van der Waals surface area contributed by atoms with Gasteiger partial charge >= 0.3 is 5.97 Å². The molecular formula is C20H25NO3. The van der Waals surface area contributed by atoms with E-state index in [4.69, 9.17) is 4.74 Å². The van der Waals surface area contributed by atoms with Crippen LogP contribution in [0.3, 0.4) is 0 Å². The van der Waals surface area contributed by atoms with Crippen LogP contribution in [0.4, 0.5) is 0 Å². The number of hydrogen-bond acceptors (Lipinski definition) is 3. The molecule has 1 aromatic carbocycles. The first kappa shape index (κ1) is 15.7. The van der Waals surface area contributed by atoms with Gasteiger partial charge in [-0.15, -0.1) is 0 Å². The van der Waals surface area contributed by atoms with E-state index in [1.54, 1.807) is 31.2 Å². The summed E-state index contributed by atoms with van der Waals surface area (Å²) in [7, 11) is 0. The highest BCUT2D eigenvalue weighted by molar-refractivity contribution is 5.92. The summed E-state index contributed by atoms with van der Waals surface area (Å²) in [5.41, 5.74) is 0.436. The highest BCUT2D eigenvalue weighted by Gasteiger charge is 2.51. The average molecular weight is 327 g/mol. The van der Waals surface area contributed by atoms with Crippen molar-refractivity contribution in [2.75, 3.05) is 0 Å². The SMILES string of the molecule is C[C@@H](OC(=O)c1ccccc1)C(=O)NC12CC3CC(CC(C3)C1)C2. The first-order chi connectivity index (χ1) is 11.5. The third-order valence-corrected chi connectivity index (χ3v) is 6.09. The fraction of sp³-hybridized carbons (Fsp3) is 0.600. The van der Waals surface area contributed by atoms with Gasteiger partial charge in [0.05, 0.1) is 5.56 Å². The summed E-state index contributed by atoms with van der Waals surface area (Å²) in [6.07, 6.45) is 6.57. The van der Waals surface area contributed by atoms with Crippen LogP contribution < -0.4 is 5.32 Å². The monoisotopic (exact) mass is 327 g/mol. The second-order valence-corrected chi connectivity index (χ2v) is 8.10. The van der Waals surface area contributed by atoms with Crippen molar-refractivity contribution in [2.24, 2.45) is 17.8 Å². The van der Waals surface area contributed by atoms with E-state index in [-0.39, 0.29) is 11.4 Å². The predicted octanol–water partition coefficient (Wildman–Crippen LogP) is 3.32. The Morgan fingerprint density at radius 2 is 1.58 bits per heavy atom. The molecule has 0 aliphatic heterocycles. The lowest BCUT2D eigenvalue weighted by Crippen LogP contribution is -2.61. The molecule has 1 N–H and O–H groups in total. The molecule has 0 radical (unpaired) electrons. The number of benzene rings is 1. The van der Waals surface area contributed by atoms with Crippen LogP contribution in [-0.2, 0) is 9.53 Å². The maximum Gasteiger partial charge on any atom is 0.338 e. The molecule has 0 unspecified atom stereocenters. The van der Waals surface area contributed by atoms with E-state index in [1.165, 1.54) is 19.3 Å². The minimum Gasteiger partial charge on any atom is -0.449 e. The number of amides is 1. The molecule has 4 aliphatic carbocycles. The largest absolute Gasteiger partial charge is 0.449 e. The fourth-order valence-electron chi connectivity index (χ4n) is 5.48. The first-order valence-corrected chi connectivity index (χ1v) is 9.11. The van der Waals surface area contributed by atoms with Crippen molar-refractivity contribution in [3.05, 3.63) is 35.9 Å². The van der Waals surface area contributed by atoms with Crippen molar-refractivity contribution < 1.29 is 14.3 Å². The fourth-order valence-corrected chi connectivity index (χ4v) is 5.48. The Hall–Kier alpha value is -1.84. The van der Waals surface area contributed by atoms with Crippen molar-refractivity contribution in [1.82, 2.24) is 5.32 Å². The topological polar surface area (TPSA) is 55.4 Å². The summed E-state index contributed by atoms with van der Waals surface area (Å²) in [5.74, 6) is 1.74. The lowest BCUT2D eigenvalue weighted by Gasteiger charge is -2.57. The van der Waals surface area contributed by atoms with Crippen molar-refractivity contribution in [3.8, 4) is 0 Å². The summed E-state index contributed by atoms with van der Waals surface area (Å²) < 4.78 is 5.36. The zero-order valence-electron chi connectivity index (χ0n) is 14.2. The molecule has 0 aromatic heterocycles. The molecule has 4 aliphatic rings. The Balaban J connectivity index is 1.38. The zero-order chi connectivity index (χ0) is 16.7. The molecule has 0 saturated heterocycles. The van der Waals surface area contributed by atoms with E-state index in [2.05, 4.69) is 5.32 Å². The van der Waals surface area contributed by atoms with Crippen molar-refractivity contribution in [2.45, 2.75) is 57.1 Å². The lowest BCUT2D eigenvalue weighted by molar-refractivity contribution is -0.134. The molecule has 4 nitrogen and oxygen atoms in total. The van der Waals surface area contributed by atoms with Crippen molar-refractivity contribution in [1.29, 1.82) is 0 Å². The molecule has 4 fully saturated rings. The number of carbonyl (C=O) groups excluding carboxylic acids is 2. The van der Waals surface area contributed by atoms with Crippen LogP contribution in [0, 0.1) is 17.8 Å². The van der Waals surface area contributed by atoms with Gasteiger partial charge in [0.25, 0.3) is 5.91 Å². The third-order valence-electron chi connectivity index (χ3n) is 6.09. The second-order valence-electron chi connectivity index (χ2n) is 8.10. The summed E-state index contributed by atoms with van der Waals surface area (Å²) >= 11 is 0. The Labute approximate surface area is 143 Å². The molecule has 5 rings (SSSR count). The molecule has 0 spiro atoms. The van der Waals surface area contributed by atoms with E-state index < -0.39 is 12.1 Å². The summed E-state index contributed by atoms with van der Waals surface area (Å²) in [6.45, 7) is 1.66. The number of esters is 1. The Morgan fingerprint density at radius 1 is 1.04 bits per heavy atom. The smallest absolute Gasteiger partial charge is 0.338 e. The standard InChI is InChI=1S/C20H25NO3/c1-13(24-19(23)17-5-3-2-4-6-17)18(22)21-20-10-14-7-15(11-20)9-16(8-14)12-20/h2-6,13-16H,7-12H2,1H3,(H,21,22)/t13-,14?,15?,16?,20?/m1/s1. The van der Waals surface area contributed by atoms with Gasteiger partial charge in [-0.3, -0.25) is 4.79 Å². The van der Waals surface area contributed by atoms with Gasteiger partial charge in [0, 0.05) is 5.54 Å². The number of rotatable bonds is 4. The molecule has 4 saturated carbocycles. The molecule has 128 valence electrons. The van der Waals surface area contributed by atoms with Gasteiger partial charge in [-0.1, -0.05) is 18.2 Å². The minimum atomic E-state index is -0.759. The summed E-state index contributed by atoms with van der Waals surface area (Å²) in [4.78, 5) is 24.7. The maximum atomic E-state index is 12.6. The van der Waals surface area contributed by atoms with Gasteiger partial charge in [-0.05, 0) is 75.3 Å². The van der Waals surface area contributed by atoms with E-state index in [1.807, 2.05) is 6.07 Å².